The molecule has 19 heavy (non-hydrogen) atoms. The van der Waals surface area contributed by atoms with Gasteiger partial charge in [0.15, 0.2) is 0 Å². The number of aryl methyl sites for hydroxylation is 1. The Bertz CT molecular complexity index is 423. The van der Waals surface area contributed by atoms with E-state index in [4.69, 9.17) is 5.73 Å². The van der Waals surface area contributed by atoms with Crippen LogP contribution in [-0.4, -0.2) is 12.6 Å². The maximum Gasteiger partial charge on any atom is 0.0563 e. The van der Waals surface area contributed by atoms with Crippen LogP contribution in [0.25, 0.3) is 0 Å². The lowest BCUT2D eigenvalue weighted by Gasteiger charge is -2.43. The van der Waals surface area contributed by atoms with Gasteiger partial charge in [0, 0.05) is 12.6 Å². The van der Waals surface area contributed by atoms with E-state index in [-0.39, 0.29) is 5.54 Å². The number of hydrogen-bond donors (Lipinski definition) is 2. The van der Waals surface area contributed by atoms with E-state index in [2.05, 4.69) is 29.6 Å². The Morgan fingerprint density at radius 2 is 1.89 bits per heavy atom. The topological polar surface area (TPSA) is 38.0 Å². The molecule has 0 aromatic heterocycles. The number of rotatable bonds is 3. The van der Waals surface area contributed by atoms with Gasteiger partial charge in [0.05, 0.1) is 5.54 Å². The van der Waals surface area contributed by atoms with Gasteiger partial charge in [-0.2, -0.15) is 0 Å². The third-order valence-corrected chi connectivity index (χ3v) is 5.02. The van der Waals surface area contributed by atoms with Crippen molar-refractivity contribution in [3.05, 3.63) is 35.4 Å². The van der Waals surface area contributed by atoms with Gasteiger partial charge in [0.1, 0.15) is 0 Å². The minimum atomic E-state index is 0.0385. The fourth-order valence-electron chi connectivity index (χ4n) is 3.98. The van der Waals surface area contributed by atoms with Gasteiger partial charge in [-0.05, 0) is 43.2 Å². The molecule has 0 heterocycles. The molecule has 2 aliphatic rings. The van der Waals surface area contributed by atoms with Crippen molar-refractivity contribution in [3.8, 4) is 0 Å². The molecule has 0 amide bonds. The molecule has 1 atom stereocenters. The molecule has 1 aromatic rings. The highest BCUT2D eigenvalue weighted by molar-refractivity contribution is 5.36. The van der Waals surface area contributed by atoms with Crippen LogP contribution < -0.4 is 11.1 Å². The van der Waals surface area contributed by atoms with Crippen LogP contribution in [-0.2, 0) is 12.0 Å². The van der Waals surface area contributed by atoms with Gasteiger partial charge < -0.3 is 11.1 Å². The first-order valence-electron chi connectivity index (χ1n) is 7.90. The lowest BCUT2D eigenvalue weighted by molar-refractivity contribution is 0.226. The van der Waals surface area contributed by atoms with Gasteiger partial charge in [0.25, 0.3) is 0 Å². The minimum absolute atomic E-state index is 0.0385. The van der Waals surface area contributed by atoms with Crippen LogP contribution in [0.4, 0.5) is 0 Å². The molecule has 1 aromatic carbocycles. The van der Waals surface area contributed by atoms with E-state index in [1.807, 2.05) is 0 Å². The quantitative estimate of drug-likeness (QED) is 0.874. The molecular formula is C17H26N2. The Kier molecular flexibility index (Phi) is 3.90. The standard InChI is InChI=1S/C17H26N2/c18-13-17(19-15-9-2-1-3-10-15)12-6-8-14-7-4-5-11-16(14)17/h4-5,7,11,15,19H,1-3,6,8-10,12-13,18H2. The van der Waals surface area contributed by atoms with Crippen molar-refractivity contribution in [2.75, 3.05) is 6.54 Å². The molecule has 104 valence electrons. The van der Waals surface area contributed by atoms with Crippen LogP contribution in [0.2, 0.25) is 0 Å². The zero-order valence-corrected chi connectivity index (χ0v) is 11.8. The Morgan fingerprint density at radius 1 is 1.11 bits per heavy atom. The molecular weight excluding hydrogens is 232 g/mol. The smallest absolute Gasteiger partial charge is 0.0563 e. The fourth-order valence-corrected chi connectivity index (χ4v) is 3.98. The molecule has 2 nitrogen and oxygen atoms in total. The van der Waals surface area contributed by atoms with E-state index in [0.29, 0.717) is 6.04 Å². The number of nitrogens with two attached hydrogens (primary N) is 1. The van der Waals surface area contributed by atoms with Crippen molar-refractivity contribution < 1.29 is 0 Å². The van der Waals surface area contributed by atoms with Gasteiger partial charge in [-0.3, -0.25) is 0 Å². The number of fused-ring (bicyclic) bond motifs is 1. The second-order valence-corrected chi connectivity index (χ2v) is 6.28. The first kappa shape index (κ1) is 13.1. The highest BCUT2D eigenvalue weighted by atomic mass is 15.0. The largest absolute Gasteiger partial charge is 0.328 e. The van der Waals surface area contributed by atoms with Crippen molar-refractivity contribution in [2.45, 2.75) is 62.9 Å². The number of benzene rings is 1. The molecule has 0 bridgehead atoms. The van der Waals surface area contributed by atoms with Crippen molar-refractivity contribution in [3.63, 3.8) is 0 Å². The predicted molar refractivity (Wildman–Crippen MR) is 80.1 cm³/mol. The van der Waals surface area contributed by atoms with E-state index in [1.165, 1.54) is 62.5 Å². The monoisotopic (exact) mass is 258 g/mol. The maximum atomic E-state index is 6.21. The summed E-state index contributed by atoms with van der Waals surface area (Å²) in [4.78, 5) is 0. The second kappa shape index (κ2) is 5.64. The third kappa shape index (κ3) is 2.56. The minimum Gasteiger partial charge on any atom is -0.328 e. The fraction of sp³-hybridized carbons (Fsp3) is 0.647. The summed E-state index contributed by atoms with van der Waals surface area (Å²) in [7, 11) is 0. The summed E-state index contributed by atoms with van der Waals surface area (Å²) >= 11 is 0. The first-order valence-corrected chi connectivity index (χ1v) is 7.90. The van der Waals surface area contributed by atoms with Gasteiger partial charge >= 0.3 is 0 Å². The van der Waals surface area contributed by atoms with Gasteiger partial charge in [-0.1, -0.05) is 43.5 Å². The van der Waals surface area contributed by atoms with Crippen molar-refractivity contribution in [2.24, 2.45) is 5.73 Å². The molecule has 1 saturated carbocycles. The Hall–Kier alpha value is -0.860. The normalized spacial score (nSPS) is 28.1. The maximum absolute atomic E-state index is 6.21. The molecule has 3 N–H and O–H groups in total. The summed E-state index contributed by atoms with van der Waals surface area (Å²) in [6, 6.07) is 9.56. The van der Waals surface area contributed by atoms with Crippen molar-refractivity contribution >= 4 is 0 Å². The van der Waals surface area contributed by atoms with E-state index in [1.54, 1.807) is 0 Å². The van der Waals surface area contributed by atoms with Crippen LogP contribution in [0.3, 0.4) is 0 Å². The van der Waals surface area contributed by atoms with Crippen LogP contribution >= 0.6 is 0 Å². The first-order chi connectivity index (χ1) is 9.34. The molecule has 1 unspecified atom stereocenters. The van der Waals surface area contributed by atoms with Crippen LogP contribution in [0.5, 0.6) is 0 Å². The summed E-state index contributed by atoms with van der Waals surface area (Å²) in [5, 5.41) is 3.95. The van der Waals surface area contributed by atoms with E-state index >= 15 is 0 Å². The van der Waals surface area contributed by atoms with Crippen LogP contribution in [0, 0.1) is 0 Å². The molecule has 3 rings (SSSR count). The van der Waals surface area contributed by atoms with E-state index in [0.717, 1.165) is 6.54 Å². The summed E-state index contributed by atoms with van der Waals surface area (Å²) < 4.78 is 0. The molecule has 2 heteroatoms. The van der Waals surface area contributed by atoms with Crippen molar-refractivity contribution in [1.29, 1.82) is 0 Å². The average molecular weight is 258 g/mol. The molecule has 0 saturated heterocycles. The molecule has 0 spiro atoms. The Balaban J connectivity index is 1.86. The van der Waals surface area contributed by atoms with Gasteiger partial charge in [-0.15, -0.1) is 0 Å². The van der Waals surface area contributed by atoms with E-state index < -0.39 is 0 Å². The molecule has 2 aliphatic carbocycles. The van der Waals surface area contributed by atoms with Gasteiger partial charge in [0.2, 0.25) is 0 Å². The SMILES string of the molecule is NCC1(NC2CCCCC2)CCCc2ccccc21. The van der Waals surface area contributed by atoms with Crippen LogP contribution in [0.15, 0.2) is 24.3 Å². The third-order valence-electron chi connectivity index (χ3n) is 5.02. The Morgan fingerprint density at radius 3 is 2.68 bits per heavy atom. The lowest BCUT2D eigenvalue weighted by atomic mass is 9.75. The summed E-state index contributed by atoms with van der Waals surface area (Å²) in [5.41, 5.74) is 9.22. The molecule has 0 aliphatic heterocycles. The van der Waals surface area contributed by atoms with Crippen LogP contribution in [0.1, 0.15) is 56.1 Å². The summed E-state index contributed by atoms with van der Waals surface area (Å²) in [5.74, 6) is 0. The number of nitrogens with one attached hydrogen (secondary N) is 1. The lowest BCUT2D eigenvalue weighted by Crippen LogP contribution is -2.54. The second-order valence-electron chi connectivity index (χ2n) is 6.28. The summed E-state index contributed by atoms with van der Waals surface area (Å²) in [6.45, 7) is 0.723. The molecule has 0 radical (unpaired) electrons. The highest BCUT2D eigenvalue weighted by Gasteiger charge is 2.36. The zero-order chi connectivity index (χ0) is 13.1. The number of hydrogen-bond acceptors (Lipinski definition) is 2. The van der Waals surface area contributed by atoms with Crippen molar-refractivity contribution in [1.82, 2.24) is 5.32 Å². The molecule has 1 fully saturated rings. The highest BCUT2D eigenvalue weighted by Crippen LogP contribution is 2.36. The zero-order valence-electron chi connectivity index (χ0n) is 11.8. The van der Waals surface area contributed by atoms with E-state index in [9.17, 15) is 0 Å². The average Bonchev–Trinajstić information content (AvgIpc) is 2.49. The predicted octanol–water partition coefficient (Wildman–Crippen LogP) is 3.10. The summed E-state index contributed by atoms with van der Waals surface area (Å²) in [6.07, 6.45) is 10.5. The van der Waals surface area contributed by atoms with Gasteiger partial charge in [-0.25, -0.2) is 0 Å². The Labute approximate surface area is 116 Å².